The van der Waals surface area contributed by atoms with Crippen molar-refractivity contribution >= 4 is 0 Å². The van der Waals surface area contributed by atoms with Gasteiger partial charge in [0.05, 0.1) is 12.1 Å². The van der Waals surface area contributed by atoms with Gasteiger partial charge in [0.1, 0.15) is 0 Å². The Hall–Kier alpha value is -0.850. The summed E-state index contributed by atoms with van der Waals surface area (Å²) >= 11 is 0. The number of hydrogen-bond acceptors (Lipinski definition) is 3. The minimum absolute atomic E-state index is 0.0520. The number of nitriles is 1. The third kappa shape index (κ3) is 2.57. The summed E-state index contributed by atoms with van der Waals surface area (Å²) in [6, 6.07) is 2.79. The minimum Gasteiger partial charge on any atom is -0.295 e. The first-order chi connectivity index (χ1) is 6.69. The van der Waals surface area contributed by atoms with Gasteiger partial charge in [-0.25, -0.2) is 0 Å². The third-order valence-corrected chi connectivity index (χ3v) is 3.00. The van der Waals surface area contributed by atoms with Crippen LogP contribution in [0, 0.1) is 11.3 Å². The van der Waals surface area contributed by atoms with Crippen LogP contribution in [0.15, 0.2) is 12.7 Å². The zero-order valence-electron chi connectivity index (χ0n) is 9.11. The molecule has 0 amide bonds. The third-order valence-electron chi connectivity index (χ3n) is 3.00. The Labute approximate surface area is 86.6 Å². The van der Waals surface area contributed by atoms with Crippen molar-refractivity contribution in [3.05, 3.63) is 12.7 Å². The molecular formula is C11H19N3. The molecule has 0 aromatic heterocycles. The normalized spacial score (nSPS) is 23.8. The lowest BCUT2D eigenvalue weighted by Gasteiger charge is -2.38. The van der Waals surface area contributed by atoms with E-state index >= 15 is 0 Å². The second-order valence-corrected chi connectivity index (χ2v) is 3.85. The summed E-state index contributed by atoms with van der Waals surface area (Å²) in [6.45, 7) is 12.0. The van der Waals surface area contributed by atoms with Gasteiger partial charge in [0.15, 0.2) is 0 Å². The molecule has 0 bridgehead atoms. The summed E-state index contributed by atoms with van der Waals surface area (Å²) in [7, 11) is 0. The van der Waals surface area contributed by atoms with E-state index < -0.39 is 0 Å². The maximum absolute atomic E-state index is 8.79. The number of piperazine rings is 1. The van der Waals surface area contributed by atoms with Crippen LogP contribution < -0.4 is 0 Å². The van der Waals surface area contributed by atoms with Crippen molar-refractivity contribution < 1.29 is 0 Å². The van der Waals surface area contributed by atoms with Crippen LogP contribution in [-0.2, 0) is 0 Å². The highest BCUT2D eigenvalue weighted by Gasteiger charge is 2.22. The topological polar surface area (TPSA) is 30.3 Å². The SMILES string of the molecule is C=CC(C)N1CCN(C(C)C#N)CC1. The van der Waals surface area contributed by atoms with E-state index in [1.54, 1.807) is 0 Å². The molecule has 0 aromatic rings. The largest absolute Gasteiger partial charge is 0.295 e. The summed E-state index contributed by atoms with van der Waals surface area (Å²) in [4.78, 5) is 4.62. The predicted molar refractivity (Wildman–Crippen MR) is 57.9 cm³/mol. The van der Waals surface area contributed by atoms with Gasteiger partial charge in [-0.1, -0.05) is 6.08 Å². The summed E-state index contributed by atoms with van der Waals surface area (Å²) in [6.07, 6.45) is 1.98. The van der Waals surface area contributed by atoms with E-state index in [2.05, 4.69) is 29.4 Å². The summed E-state index contributed by atoms with van der Waals surface area (Å²) in [5.74, 6) is 0. The Morgan fingerprint density at radius 2 is 1.71 bits per heavy atom. The lowest BCUT2D eigenvalue weighted by molar-refractivity contribution is 0.105. The highest BCUT2D eigenvalue weighted by molar-refractivity contribution is 4.92. The van der Waals surface area contributed by atoms with E-state index in [0.717, 1.165) is 26.2 Å². The van der Waals surface area contributed by atoms with Crippen molar-refractivity contribution in [2.75, 3.05) is 26.2 Å². The molecule has 1 rings (SSSR count). The van der Waals surface area contributed by atoms with Gasteiger partial charge in [-0.15, -0.1) is 6.58 Å². The molecule has 2 unspecified atom stereocenters. The molecule has 78 valence electrons. The van der Waals surface area contributed by atoms with Crippen LogP contribution in [0.25, 0.3) is 0 Å². The highest BCUT2D eigenvalue weighted by atomic mass is 15.3. The fourth-order valence-electron chi connectivity index (χ4n) is 1.76. The van der Waals surface area contributed by atoms with E-state index in [0.29, 0.717) is 6.04 Å². The number of nitrogens with zero attached hydrogens (tertiary/aromatic N) is 3. The summed E-state index contributed by atoms with van der Waals surface area (Å²) < 4.78 is 0. The average molecular weight is 193 g/mol. The van der Waals surface area contributed by atoms with Gasteiger partial charge in [0.2, 0.25) is 0 Å². The van der Waals surface area contributed by atoms with E-state index in [1.165, 1.54) is 0 Å². The fourth-order valence-corrected chi connectivity index (χ4v) is 1.76. The van der Waals surface area contributed by atoms with Gasteiger partial charge in [-0.3, -0.25) is 9.80 Å². The van der Waals surface area contributed by atoms with Gasteiger partial charge in [-0.2, -0.15) is 5.26 Å². The van der Waals surface area contributed by atoms with Crippen molar-refractivity contribution in [2.45, 2.75) is 25.9 Å². The molecule has 0 aromatic carbocycles. The molecular weight excluding hydrogens is 174 g/mol. The van der Waals surface area contributed by atoms with Crippen molar-refractivity contribution in [1.82, 2.24) is 9.80 Å². The van der Waals surface area contributed by atoms with Crippen molar-refractivity contribution in [3.63, 3.8) is 0 Å². The standard InChI is InChI=1S/C11H19N3/c1-4-10(2)13-5-7-14(8-6-13)11(3)9-12/h4,10-11H,1,5-8H2,2-3H3. The van der Waals surface area contributed by atoms with E-state index in [9.17, 15) is 0 Å². The maximum Gasteiger partial charge on any atom is 0.0950 e. The van der Waals surface area contributed by atoms with Crippen LogP contribution in [0.3, 0.4) is 0 Å². The Balaban J connectivity index is 2.39. The molecule has 1 heterocycles. The molecule has 1 saturated heterocycles. The van der Waals surface area contributed by atoms with Crippen LogP contribution in [0.4, 0.5) is 0 Å². The Morgan fingerprint density at radius 3 is 2.14 bits per heavy atom. The second kappa shape index (κ2) is 5.14. The molecule has 0 spiro atoms. The Morgan fingerprint density at radius 1 is 1.21 bits per heavy atom. The first kappa shape index (κ1) is 11.2. The van der Waals surface area contributed by atoms with Crippen molar-refractivity contribution in [2.24, 2.45) is 0 Å². The van der Waals surface area contributed by atoms with E-state index in [1.807, 2.05) is 13.0 Å². The molecule has 14 heavy (non-hydrogen) atoms. The molecule has 0 N–H and O–H groups in total. The second-order valence-electron chi connectivity index (χ2n) is 3.85. The number of hydrogen-bond donors (Lipinski definition) is 0. The quantitative estimate of drug-likeness (QED) is 0.629. The van der Waals surface area contributed by atoms with Crippen LogP contribution in [0.1, 0.15) is 13.8 Å². The fraction of sp³-hybridized carbons (Fsp3) is 0.727. The van der Waals surface area contributed by atoms with E-state index in [-0.39, 0.29) is 6.04 Å². The zero-order valence-corrected chi connectivity index (χ0v) is 9.11. The van der Waals surface area contributed by atoms with Crippen LogP contribution in [0.5, 0.6) is 0 Å². The van der Waals surface area contributed by atoms with Crippen LogP contribution >= 0.6 is 0 Å². The molecule has 1 fully saturated rings. The maximum atomic E-state index is 8.79. The van der Waals surface area contributed by atoms with Crippen molar-refractivity contribution in [1.29, 1.82) is 5.26 Å². The van der Waals surface area contributed by atoms with Gasteiger partial charge in [-0.05, 0) is 13.8 Å². The van der Waals surface area contributed by atoms with Gasteiger partial charge in [0, 0.05) is 32.2 Å². The molecule has 1 aliphatic heterocycles. The Bertz CT molecular complexity index is 223. The van der Waals surface area contributed by atoms with Gasteiger partial charge in [0.25, 0.3) is 0 Å². The first-order valence-corrected chi connectivity index (χ1v) is 5.19. The molecule has 0 aliphatic carbocycles. The number of rotatable bonds is 3. The van der Waals surface area contributed by atoms with Crippen LogP contribution in [0.2, 0.25) is 0 Å². The lowest BCUT2D eigenvalue weighted by Crippen LogP contribution is -2.51. The predicted octanol–water partition coefficient (Wildman–Crippen LogP) is 1.09. The monoisotopic (exact) mass is 193 g/mol. The molecule has 3 nitrogen and oxygen atoms in total. The minimum atomic E-state index is 0.0520. The van der Waals surface area contributed by atoms with Gasteiger partial charge >= 0.3 is 0 Å². The summed E-state index contributed by atoms with van der Waals surface area (Å²) in [5, 5.41) is 8.79. The average Bonchev–Trinajstić information content (AvgIpc) is 2.27. The highest BCUT2D eigenvalue weighted by Crippen LogP contribution is 2.09. The summed E-state index contributed by atoms with van der Waals surface area (Å²) in [5.41, 5.74) is 0. The smallest absolute Gasteiger partial charge is 0.0950 e. The molecule has 0 saturated carbocycles. The zero-order chi connectivity index (χ0) is 10.6. The van der Waals surface area contributed by atoms with Crippen LogP contribution in [-0.4, -0.2) is 48.1 Å². The van der Waals surface area contributed by atoms with E-state index in [4.69, 9.17) is 5.26 Å². The Kier molecular flexibility index (Phi) is 4.12. The first-order valence-electron chi connectivity index (χ1n) is 5.19. The van der Waals surface area contributed by atoms with Crippen molar-refractivity contribution in [3.8, 4) is 6.07 Å². The molecule has 2 atom stereocenters. The molecule has 1 aliphatic rings. The molecule has 0 radical (unpaired) electrons. The lowest BCUT2D eigenvalue weighted by atomic mass is 10.2. The molecule has 3 heteroatoms. The van der Waals surface area contributed by atoms with Gasteiger partial charge < -0.3 is 0 Å².